The first kappa shape index (κ1) is 8.97. The fourth-order valence-electron chi connectivity index (χ4n) is 2.09. The standard InChI is InChI=1S/C13H11N3/c14-13-11-7-2-1-5-9(11)10-6-3-4-8-12(10)16(13)15/h1-8,14H,15H2. The Labute approximate surface area is 92.2 Å². The lowest BCUT2D eigenvalue weighted by Crippen LogP contribution is -2.27. The van der Waals surface area contributed by atoms with Crippen LogP contribution in [-0.4, -0.2) is 4.68 Å². The summed E-state index contributed by atoms with van der Waals surface area (Å²) < 4.78 is 1.43. The highest BCUT2D eigenvalue weighted by atomic mass is 15.3. The molecule has 78 valence electrons. The molecular weight excluding hydrogens is 198 g/mol. The number of fused-ring (bicyclic) bond motifs is 3. The molecule has 3 N–H and O–H groups in total. The summed E-state index contributed by atoms with van der Waals surface area (Å²) in [6.07, 6.45) is 0. The summed E-state index contributed by atoms with van der Waals surface area (Å²) >= 11 is 0. The van der Waals surface area contributed by atoms with E-state index in [2.05, 4.69) is 0 Å². The summed E-state index contributed by atoms with van der Waals surface area (Å²) in [5.41, 5.74) is 1.22. The van der Waals surface area contributed by atoms with Crippen LogP contribution in [0.25, 0.3) is 21.7 Å². The monoisotopic (exact) mass is 209 g/mol. The molecule has 0 aliphatic heterocycles. The number of benzene rings is 2. The Bertz CT molecular complexity index is 741. The fourth-order valence-corrected chi connectivity index (χ4v) is 2.09. The van der Waals surface area contributed by atoms with Crippen molar-refractivity contribution < 1.29 is 0 Å². The summed E-state index contributed by atoms with van der Waals surface area (Å²) in [6.45, 7) is 0. The number of hydrogen-bond donors (Lipinski definition) is 2. The van der Waals surface area contributed by atoms with Crippen LogP contribution in [0.3, 0.4) is 0 Å². The molecule has 3 heteroatoms. The zero-order valence-corrected chi connectivity index (χ0v) is 8.64. The first-order valence-electron chi connectivity index (χ1n) is 5.11. The number of nitrogen functional groups attached to an aromatic ring is 1. The molecule has 16 heavy (non-hydrogen) atoms. The molecule has 0 radical (unpaired) electrons. The van der Waals surface area contributed by atoms with Gasteiger partial charge in [0.1, 0.15) is 0 Å². The van der Waals surface area contributed by atoms with Crippen molar-refractivity contribution in [2.24, 2.45) is 0 Å². The molecule has 0 spiro atoms. The van der Waals surface area contributed by atoms with Gasteiger partial charge in [0.2, 0.25) is 0 Å². The third-order valence-corrected chi connectivity index (χ3v) is 2.88. The third-order valence-electron chi connectivity index (χ3n) is 2.88. The van der Waals surface area contributed by atoms with Gasteiger partial charge in [0, 0.05) is 10.8 Å². The number of hydrogen-bond acceptors (Lipinski definition) is 2. The van der Waals surface area contributed by atoms with Crippen molar-refractivity contribution >= 4 is 21.7 Å². The molecule has 1 heterocycles. The van der Waals surface area contributed by atoms with Crippen molar-refractivity contribution in [2.75, 3.05) is 5.84 Å². The molecule has 0 saturated heterocycles. The predicted octanol–water partition coefficient (Wildman–Crippen LogP) is 1.99. The van der Waals surface area contributed by atoms with Gasteiger partial charge in [-0.2, -0.15) is 0 Å². The van der Waals surface area contributed by atoms with E-state index in [1.54, 1.807) is 0 Å². The van der Waals surface area contributed by atoms with E-state index in [-0.39, 0.29) is 0 Å². The number of nitrogens with one attached hydrogen (secondary N) is 1. The van der Waals surface area contributed by atoms with E-state index < -0.39 is 0 Å². The van der Waals surface area contributed by atoms with Crippen LogP contribution >= 0.6 is 0 Å². The van der Waals surface area contributed by atoms with Gasteiger partial charge in [0.25, 0.3) is 0 Å². The van der Waals surface area contributed by atoms with Crippen molar-refractivity contribution in [3.05, 3.63) is 54.0 Å². The third kappa shape index (κ3) is 1.05. The topological polar surface area (TPSA) is 54.8 Å². The van der Waals surface area contributed by atoms with E-state index in [1.807, 2.05) is 48.5 Å². The summed E-state index contributed by atoms with van der Waals surface area (Å²) in [7, 11) is 0. The van der Waals surface area contributed by atoms with Crippen molar-refractivity contribution in [3.63, 3.8) is 0 Å². The first-order valence-corrected chi connectivity index (χ1v) is 5.11. The number of rotatable bonds is 0. The van der Waals surface area contributed by atoms with Gasteiger partial charge in [0.15, 0.2) is 5.49 Å². The van der Waals surface area contributed by atoms with Crippen molar-refractivity contribution in [1.82, 2.24) is 4.68 Å². The summed E-state index contributed by atoms with van der Waals surface area (Å²) in [6, 6.07) is 15.7. The highest BCUT2D eigenvalue weighted by Crippen LogP contribution is 2.20. The number of nitrogens with two attached hydrogens (primary N) is 1. The zero-order chi connectivity index (χ0) is 11.1. The van der Waals surface area contributed by atoms with Crippen LogP contribution in [-0.2, 0) is 0 Å². The van der Waals surface area contributed by atoms with E-state index in [0.717, 1.165) is 21.7 Å². The summed E-state index contributed by atoms with van der Waals surface area (Å²) in [4.78, 5) is 0. The second kappa shape index (κ2) is 3.10. The molecule has 0 aliphatic carbocycles. The van der Waals surface area contributed by atoms with Gasteiger partial charge < -0.3 is 5.84 Å². The summed E-state index contributed by atoms with van der Waals surface area (Å²) in [5, 5.41) is 11.0. The largest absolute Gasteiger partial charge is 0.337 e. The van der Waals surface area contributed by atoms with Crippen molar-refractivity contribution in [1.29, 1.82) is 5.41 Å². The molecule has 0 amide bonds. The Morgan fingerprint density at radius 2 is 1.38 bits per heavy atom. The van der Waals surface area contributed by atoms with Crippen LogP contribution < -0.4 is 11.3 Å². The Kier molecular flexibility index (Phi) is 1.74. The lowest BCUT2D eigenvalue weighted by molar-refractivity contribution is 0.939. The highest BCUT2D eigenvalue weighted by Gasteiger charge is 2.04. The molecule has 1 aromatic heterocycles. The molecule has 0 saturated carbocycles. The Hall–Kier alpha value is -2.29. The van der Waals surface area contributed by atoms with E-state index in [1.165, 1.54) is 4.68 Å². The predicted molar refractivity (Wildman–Crippen MR) is 65.4 cm³/mol. The molecule has 3 aromatic rings. The van der Waals surface area contributed by atoms with Crippen LogP contribution in [0.1, 0.15) is 0 Å². The maximum atomic E-state index is 8.01. The maximum Gasteiger partial charge on any atom is 0.151 e. The summed E-state index contributed by atoms with van der Waals surface area (Å²) in [5.74, 6) is 5.91. The minimum absolute atomic E-state index is 0.342. The Morgan fingerprint density at radius 1 is 0.812 bits per heavy atom. The van der Waals surface area contributed by atoms with Crippen LogP contribution in [0.2, 0.25) is 0 Å². The number of pyridine rings is 1. The molecule has 0 bridgehead atoms. The van der Waals surface area contributed by atoms with Crippen LogP contribution in [0.15, 0.2) is 48.5 Å². The van der Waals surface area contributed by atoms with E-state index >= 15 is 0 Å². The molecular formula is C13H11N3. The van der Waals surface area contributed by atoms with E-state index in [4.69, 9.17) is 11.3 Å². The number of aromatic nitrogens is 1. The molecule has 3 rings (SSSR count). The maximum absolute atomic E-state index is 8.01. The average molecular weight is 209 g/mol. The first-order chi connectivity index (χ1) is 7.79. The molecule has 3 nitrogen and oxygen atoms in total. The minimum atomic E-state index is 0.342. The van der Waals surface area contributed by atoms with Crippen LogP contribution in [0.4, 0.5) is 0 Å². The average Bonchev–Trinajstić information content (AvgIpc) is 2.36. The Balaban J connectivity index is 2.74. The quantitative estimate of drug-likeness (QED) is 0.431. The van der Waals surface area contributed by atoms with Gasteiger partial charge in [-0.15, -0.1) is 0 Å². The highest BCUT2D eigenvalue weighted by molar-refractivity contribution is 6.05. The molecule has 0 aliphatic rings. The van der Waals surface area contributed by atoms with Crippen LogP contribution in [0, 0.1) is 5.41 Å². The molecule has 0 fully saturated rings. The molecule has 0 atom stereocenters. The Morgan fingerprint density at radius 3 is 2.12 bits per heavy atom. The second-order valence-electron chi connectivity index (χ2n) is 3.78. The normalized spacial score (nSPS) is 11.0. The fraction of sp³-hybridized carbons (Fsp3) is 0. The smallest absolute Gasteiger partial charge is 0.151 e. The SMILES string of the molecule is N=c1c2ccccc2c2ccccc2n1N. The second-order valence-corrected chi connectivity index (χ2v) is 3.78. The van der Waals surface area contributed by atoms with E-state index in [9.17, 15) is 0 Å². The van der Waals surface area contributed by atoms with Gasteiger partial charge >= 0.3 is 0 Å². The lowest BCUT2D eigenvalue weighted by atomic mass is 10.1. The number of para-hydroxylation sites is 1. The zero-order valence-electron chi connectivity index (χ0n) is 8.64. The van der Waals surface area contributed by atoms with Gasteiger partial charge in [-0.1, -0.05) is 42.5 Å². The van der Waals surface area contributed by atoms with Crippen LogP contribution in [0.5, 0.6) is 0 Å². The molecule has 2 aromatic carbocycles. The van der Waals surface area contributed by atoms with Gasteiger partial charge in [0.05, 0.1) is 5.52 Å². The van der Waals surface area contributed by atoms with Crippen molar-refractivity contribution in [3.8, 4) is 0 Å². The minimum Gasteiger partial charge on any atom is -0.337 e. The van der Waals surface area contributed by atoms with E-state index in [0.29, 0.717) is 5.49 Å². The van der Waals surface area contributed by atoms with Gasteiger partial charge in [-0.3, -0.25) is 5.41 Å². The van der Waals surface area contributed by atoms with Gasteiger partial charge in [-0.25, -0.2) is 4.68 Å². The molecule has 0 unspecified atom stereocenters. The lowest BCUT2D eigenvalue weighted by Gasteiger charge is -2.09. The van der Waals surface area contributed by atoms with Gasteiger partial charge in [-0.05, 0) is 11.5 Å². The number of nitrogens with zero attached hydrogens (tertiary/aromatic N) is 1. The van der Waals surface area contributed by atoms with Crippen molar-refractivity contribution in [2.45, 2.75) is 0 Å².